The highest BCUT2D eigenvalue weighted by atomic mass is 19.1. The molecule has 1 saturated heterocycles. The van der Waals surface area contributed by atoms with Gasteiger partial charge in [-0.3, -0.25) is 14.8 Å². The van der Waals surface area contributed by atoms with Gasteiger partial charge in [0.05, 0.1) is 18.4 Å². The first-order valence-electron chi connectivity index (χ1n) is 9.40. The highest BCUT2D eigenvalue weighted by Gasteiger charge is 2.31. The van der Waals surface area contributed by atoms with Crippen molar-refractivity contribution in [3.63, 3.8) is 0 Å². The number of nitrogens with zero attached hydrogens (tertiary/aromatic N) is 3. The Morgan fingerprint density at radius 3 is 2.82 bits per heavy atom. The molecular formula is C22H23FN4O. The van der Waals surface area contributed by atoms with Crippen LogP contribution in [0.1, 0.15) is 18.1 Å². The van der Waals surface area contributed by atoms with Gasteiger partial charge in [0, 0.05) is 35.9 Å². The summed E-state index contributed by atoms with van der Waals surface area (Å²) in [5.41, 5.74) is 4.58. The summed E-state index contributed by atoms with van der Waals surface area (Å²) in [6.07, 6.45) is 1.75. The quantitative estimate of drug-likeness (QED) is 0.752. The molecule has 1 aromatic heterocycles. The second-order valence-electron chi connectivity index (χ2n) is 7.38. The molecule has 0 saturated carbocycles. The van der Waals surface area contributed by atoms with E-state index >= 15 is 0 Å². The van der Waals surface area contributed by atoms with Gasteiger partial charge in [0.1, 0.15) is 5.82 Å². The second-order valence-corrected chi connectivity index (χ2v) is 7.38. The molecule has 1 amide bonds. The van der Waals surface area contributed by atoms with Crippen LogP contribution in [0.5, 0.6) is 0 Å². The lowest BCUT2D eigenvalue weighted by molar-refractivity contribution is -0.122. The summed E-state index contributed by atoms with van der Waals surface area (Å²) in [5.74, 6) is -0.201. The van der Waals surface area contributed by atoms with E-state index < -0.39 is 0 Å². The van der Waals surface area contributed by atoms with Crippen LogP contribution >= 0.6 is 0 Å². The molecule has 2 aromatic carbocycles. The average molecular weight is 378 g/mol. The van der Waals surface area contributed by atoms with Crippen LogP contribution in [0.2, 0.25) is 0 Å². The van der Waals surface area contributed by atoms with Gasteiger partial charge >= 0.3 is 0 Å². The van der Waals surface area contributed by atoms with Crippen LogP contribution in [0.3, 0.4) is 0 Å². The summed E-state index contributed by atoms with van der Waals surface area (Å²) in [4.78, 5) is 16.8. The lowest BCUT2D eigenvalue weighted by atomic mass is 10.1. The number of benzene rings is 2. The Labute approximate surface area is 163 Å². The monoisotopic (exact) mass is 378 g/mol. The molecule has 0 radical (unpaired) electrons. The molecule has 28 heavy (non-hydrogen) atoms. The minimum atomic E-state index is -0.284. The Morgan fingerprint density at radius 1 is 1.21 bits per heavy atom. The number of carbonyl (C=O) groups excluding carboxylic acids is 1. The van der Waals surface area contributed by atoms with E-state index in [1.807, 2.05) is 42.2 Å². The maximum atomic E-state index is 13.6. The molecule has 0 aliphatic carbocycles. The smallest absolute Gasteiger partial charge is 0.241 e. The van der Waals surface area contributed by atoms with Crippen LogP contribution in [-0.2, 0) is 11.3 Å². The van der Waals surface area contributed by atoms with Gasteiger partial charge in [-0.2, -0.15) is 5.10 Å². The molecule has 1 unspecified atom stereocenters. The van der Waals surface area contributed by atoms with Crippen molar-refractivity contribution < 1.29 is 9.18 Å². The molecule has 144 valence electrons. The number of nitrogens with one attached hydrogen (secondary N) is 1. The van der Waals surface area contributed by atoms with Gasteiger partial charge in [-0.15, -0.1) is 0 Å². The van der Waals surface area contributed by atoms with Gasteiger partial charge < -0.3 is 4.90 Å². The lowest BCUT2D eigenvalue weighted by Gasteiger charge is -2.39. The first-order valence-corrected chi connectivity index (χ1v) is 9.40. The Kier molecular flexibility index (Phi) is 4.96. The van der Waals surface area contributed by atoms with Crippen molar-refractivity contribution in [2.75, 3.05) is 18.0 Å². The van der Waals surface area contributed by atoms with Crippen LogP contribution in [0.15, 0.2) is 54.7 Å². The van der Waals surface area contributed by atoms with Gasteiger partial charge in [-0.05, 0) is 43.7 Å². The van der Waals surface area contributed by atoms with Crippen molar-refractivity contribution in [1.82, 2.24) is 15.1 Å². The minimum absolute atomic E-state index is 0.0829. The summed E-state index contributed by atoms with van der Waals surface area (Å²) in [6.45, 7) is 5.70. The summed E-state index contributed by atoms with van der Waals surface area (Å²) in [7, 11) is 0. The third kappa shape index (κ3) is 3.68. The van der Waals surface area contributed by atoms with E-state index in [0.29, 0.717) is 19.6 Å². The van der Waals surface area contributed by atoms with Crippen LogP contribution in [0.25, 0.3) is 11.3 Å². The largest absolute Gasteiger partial charge is 0.310 e. The molecule has 1 fully saturated rings. The van der Waals surface area contributed by atoms with Crippen molar-refractivity contribution in [3.8, 4) is 11.3 Å². The Hall–Kier alpha value is -2.99. The highest BCUT2D eigenvalue weighted by molar-refractivity contribution is 5.95. The number of carbonyl (C=O) groups is 1. The number of amides is 1. The van der Waals surface area contributed by atoms with E-state index in [2.05, 4.69) is 22.0 Å². The zero-order valence-electron chi connectivity index (χ0n) is 16.0. The van der Waals surface area contributed by atoms with Crippen molar-refractivity contribution in [3.05, 3.63) is 71.7 Å². The number of aromatic nitrogens is 2. The third-order valence-electron chi connectivity index (χ3n) is 5.23. The molecule has 6 heteroatoms. The predicted molar refractivity (Wildman–Crippen MR) is 107 cm³/mol. The first kappa shape index (κ1) is 18.4. The van der Waals surface area contributed by atoms with Crippen molar-refractivity contribution >= 4 is 11.6 Å². The van der Waals surface area contributed by atoms with E-state index in [0.717, 1.165) is 28.1 Å². The van der Waals surface area contributed by atoms with Crippen molar-refractivity contribution in [1.29, 1.82) is 0 Å². The SMILES string of the molecule is Cc1cccc(N2CC(C)N(Cc3cn[nH]c3-c3cccc(F)c3)CC2=O)c1. The summed E-state index contributed by atoms with van der Waals surface area (Å²) < 4.78 is 13.6. The Balaban J connectivity index is 1.52. The molecule has 3 aromatic rings. The first-order chi connectivity index (χ1) is 13.5. The van der Waals surface area contributed by atoms with E-state index in [9.17, 15) is 9.18 Å². The predicted octanol–water partition coefficient (Wildman–Crippen LogP) is 3.76. The maximum Gasteiger partial charge on any atom is 0.241 e. The van der Waals surface area contributed by atoms with Crippen molar-refractivity contribution in [2.24, 2.45) is 0 Å². The number of anilines is 1. The Morgan fingerprint density at radius 2 is 2.04 bits per heavy atom. The third-order valence-corrected chi connectivity index (χ3v) is 5.23. The molecule has 1 atom stereocenters. The standard InChI is InChI=1S/C22H23FN4O/c1-15-5-3-8-20(9-15)27-12-16(2)26(14-21(27)28)13-18-11-24-25-22(18)17-6-4-7-19(23)10-17/h3-11,16H,12-14H2,1-2H3,(H,24,25). The molecule has 4 rings (SSSR count). The van der Waals surface area contributed by atoms with Gasteiger partial charge in [-0.25, -0.2) is 4.39 Å². The molecule has 1 N–H and O–H groups in total. The van der Waals surface area contributed by atoms with Crippen LogP contribution in [0.4, 0.5) is 10.1 Å². The molecule has 2 heterocycles. The van der Waals surface area contributed by atoms with E-state index in [1.165, 1.54) is 12.1 Å². The fraction of sp³-hybridized carbons (Fsp3) is 0.273. The minimum Gasteiger partial charge on any atom is -0.310 e. The molecule has 0 bridgehead atoms. The normalized spacial score (nSPS) is 17.9. The fourth-order valence-corrected chi connectivity index (χ4v) is 3.70. The number of H-pyrrole nitrogens is 1. The van der Waals surface area contributed by atoms with Gasteiger partial charge in [-0.1, -0.05) is 24.3 Å². The number of hydrogen-bond donors (Lipinski definition) is 1. The van der Waals surface area contributed by atoms with Gasteiger partial charge in [0.2, 0.25) is 5.91 Å². The van der Waals surface area contributed by atoms with E-state index in [-0.39, 0.29) is 17.8 Å². The maximum absolute atomic E-state index is 13.6. The van der Waals surface area contributed by atoms with Gasteiger partial charge in [0.15, 0.2) is 0 Å². The zero-order valence-corrected chi connectivity index (χ0v) is 16.0. The fourth-order valence-electron chi connectivity index (χ4n) is 3.70. The lowest BCUT2D eigenvalue weighted by Crippen LogP contribution is -2.54. The Bertz CT molecular complexity index is 999. The topological polar surface area (TPSA) is 52.2 Å². The molecule has 1 aliphatic heterocycles. The number of hydrogen-bond acceptors (Lipinski definition) is 3. The van der Waals surface area contributed by atoms with Crippen LogP contribution < -0.4 is 4.90 Å². The number of halogens is 1. The van der Waals surface area contributed by atoms with Crippen molar-refractivity contribution in [2.45, 2.75) is 26.4 Å². The summed E-state index contributed by atoms with van der Waals surface area (Å²) in [6, 6.07) is 14.7. The van der Waals surface area contributed by atoms with Crippen LogP contribution in [0, 0.1) is 12.7 Å². The number of aryl methyl sites for hydroxylation is 1. The highest BCUT2D eigenvalue weighted by Crippen LogP contribution is 2.26. The summed E-state index contributed by atoms with van der Waals surface area (Å²) in [5, 5.41) is 7.11. The number of piperazine rings is 1. The second kappa shape index (κ2) is 7.56. The number of rotatable bonds is 4. The molecular weight excluding hydrogens is 355 g/mol. The summed E-state index contributed by atoms with van der Waals surface area (Å²) >= 11 is 0. The number of aromatic amines is 1. The molecule has 5 nitrogen and oxygen atoms in total. The zero-order chi connectivity index (χ0) is 19.7. The van der Waals surface area contributed by atoms with E-state index in [1.54, 1.807) is 12.3 Å². The van der Waals surface area contributed by atoms with E-state index in [4.69, 9.17) is 0 Å². The van der Waals surface area contributed by atoms with Crippen LogP contribution in [-0.4, -0.2) is 40.1 Å². The molecule has 1 aliphatic rings. The molecule has 0 spiro atoms. The average Bonchev–Trinajstić information content (AvgIpc) is 3.12. The van der Waals surface area contributed by atoms with Gasteiger partial charge in [0.25, 0.3) is 0 Å².